The van der Waals surface area contributed by atoms with Crippen molar-refractivity contribution in [2.75, 3.05) is 0 Å². The minimum absolute atomic E-state index is 0.199. The molecule has 0 aliphatic carbocycles. The highest BCUT2D eigenvalue weighted by atomic mass is 15.1. The summed E-state index contributed by atoms with van der Waals surface area (Å²) in [7, 11) is 0. The maximum atomic E-state index is 9.00. The fourth-order valence-electron chi connectivity index (χ4n) is 1.87. The molecule has 0 aliphatic heterocycles. The normalized spacial score (nSPS) is 12.9. The zero-order valence-electron chi connectivity index (χ0n) is 9.68. The van der Waals surface area contributed by atoms with Crippen LogP contribution in [0.3, 0.4) is 0 Å². The number of pyridine rings is 1. The third-order valence-corrected chi connectivity index (χ3v) is 2.62. The molecule has 0 fully saturated rings. The Morgan fingerprint density at radius 2 is 2.12 bits per heavy atom. The first-order valence-electron chi connectivity index (χ1n) is 5.36. The van der Waals surface area contributed by atoms with E-state index in [0.29, 0.717) is 0 Å². The highest BCUT2D eigenvalue weighted by molar-refractivity contribution is 5.75. The Kier molecular flexibility index (Phi) is 2.61. The topological polar surface area (TPSA) is 54.5 Å². The largest absolute Gasteiger partial charge is 0.323 e. The van der Waals surface area contributed by atoms with Crippen LogP contribution in [0.4, 0.5) is 0 Å². The van der Waals surface area contributed by atoms with Gasteiger partial charge < -0.3 is 4.57 Å². The average molecular weight is 214 g/mol. The van der Waals surface area contributed by atoms with Crippen LogP contribution < -0.4 is 0 Å². The molecule has 4 heteroatoms. The van der Waals surface area contributed by atoms with E-state index in [2.05, 4.69) is 34.5 Å². The number of rotatable bonds is 2. The lowest BCUT2D eigenvalue weighted by Gasteiger charge is -2.13. The number of hydrogen-bond acceptors (Lipinski definition) is 3. The second kappa shape index (κ2) is 3.93. The van der Waals surface area contributed by atoms with Gasteiger partial charge in [0.1, 0.15) is 11.7 Å². The Morgan fingerprint density at radius 1 is 1.38 bits per heavy atom. The van der Waals surface area contributed by atoms with Gasteiger partial charge in [0.05, 0.1) is 23.3 Å². The lowest BCUT2D eigenvalue weighted by Crippen LogP contribution is -2.08. The third-order valence-electron chi connectivity index (χ3n) is 2.62. The summed E-state index contributed by atoms with van der Waals surface area (Å²) >= 11 is 0. The summed E-state index contributed by atoms with van der Waals surface area (Å²) in [5.41, 5.74) is 1.90. The van der Waals surface area contributed by atoms with Crippen molar-refractivity contribution in [2.45, 2.75) is 32.7 Å². The van der Waals surface area contributed by atoms with Crippen LogP contribution >= 0.6 is 0 Å². The minimum atomic E-state index is -0.199. The maximum absolute atomic E-state index is 9.00. The number of imidazole rings is 1. The second-order valence-electron chi connectivity index (χ2n) is 4.15. The summed E-state index contributed by atoms with van der Waals surface area (Å²) in [5, 5.41) is 9.00. The van der Waals surface area contributed by atoms with Gasteiger partial charge in [0.15, 0.2) is 0 Å². The van der Waals surface area contributed by atoms with Gasteiger partial charge in [-0.2, -0.15) is 5.26 Å². The van der Waals surface area contributed by atoms with Crippen LogP contribution in [0.15, 0.2) is 18.5 Å². The standard InChI is InChI=1S/C12H14N4/c1-8(2)16-11-7-14-5-4-10(11)15-12(16)9(3)6-13/h4-5,7-9H,1-3H3. The van der Waals surface area contributed by atoms with Crippen LogP contribution in [0, 0.1) is 11.3 Å². The summed E-state index contributed by atoms with van der Waals surface area (Å²) in [6.07, 6.45) is 3.52. The fourth-order valence-corrected chi connectivity index (χ4v) is 1.87. The highest BCUT2D eigenvalue weighted by Crippen LogP contribution is 2.24. The molecular weight excluding hydrogens is 200 g/mol. The van der Waals surface area contributed by atoms with E-state index in [4.69, 9.17) is 5.26 Å². The van der Waals surface area contributed by atoms with E-state index in [-0.39, 0.29) is 12.0 Å². The zero-order valence-corrected chi connectivity index (χ0v) is 9.68. The van der Waals surface area contributed by atoms with Crippen molar-refractivity contribution in [2.24, 2.45) is 0 Å². The molecule has 16 heavy (non-hydrogen) atoms. The quantitative estimate of drug-likeness (QED) is 0.772. The highest BCUT2D eigenvalue weighted by Gasteiger charge is 2.17. The SMILES string of the molecule is CC(C#N)c1nc2ccncc2n1C(C)C. The van der Waals surface area contributed by atoms with Gasteiger partial charge in [-0.15, -0.1) is 0 Å². The summed E-state index contributed by atoms with van der Waals surface area (Å²) in [6.45, 7) is 6.04. The van der Waals surface area contributed by atoms with Crippen LogP contribution in [0.2, 0.25) is 0 Å². The number of hydrogen-bond donors (Lipinski definition) is 0. The van der Waals surface area contributed by atoms with Gasteiger partial charge in [0.25, 0.3) is 0 Å². The summed E-state index contributed by atoms with van der Waals surface area (Å²) < 4.78 is 2.08. The average Bonchev–Trinajstić information content (AvgIpc) is 2.67. The van der Waals surface area contributed by atoms with Gasteiger partial charge in [-0.25, -0.2) is 4.98 Å². The van der Waals surface area contributed by atoms with E-state index >= 15 is 0 Å². The molecule has 0 spiro atoms. The van der Waals surface area contributed by atoms with Crippen molar-refractivity contribution in [3.8, 4) is 6.07 Å². The molecule has 1 atom stereocenters. The molecule has 0 aromatic carbocycles. The summed E-state index contributed by atoms with van der Waals surface area (Å²) in [4.78, 5) is 8.62. The number of nitrogens with zero attached hydrogens (tertiary/aromatic N) is 4. The van der Waals surface area contributed by atoms with E-state index in [0.717, 1.165) is 16.9 Å². The molecule has 2 heterocycles. The fraction of sp³-hybridized carbons (Fsp3) is 0.417. The molecule has 4 nitrogen and oxygen atoms in total. The van der Waals surface area contributed by atoms with E-state index in [1.807, 2.05) is 13.0 Å². The van der Waals surface area contributed by atoms with Crippen LogP contribution in [-0.4, -0.2) is 14.5 Å². The van der Waals surface area contributed by atoms with Crippen molar-refractivity contribution in [3.05, 3.63) is 24.3 Å². The molecule has 82 valence electrons. The molecule has 0 N–H and O–H groups in total. The predicted molar refractivity (Wildman–Crippen MR) is 61.9 cm³/mol. The van der Waals surface area contributed by atoms with Crippen molar-refractivity contribution < 1.29 is 0 Å². The Labute approximate surface area is 94.6 Å². The van der Waals surface area contributed by atoms with Crippen molar-refractivity contribution in [1.82, 2.24) is 14.5 Å². The molecule has 0 aliphatic rings. The van der Waals surface area contributed by atoms with Crippen molar-refractivity contribution in [3.63, 3.8) is 0 Å². The molecule has 2 rings (SSSR count). The first-order chi connectivity index (χ1) is 7.65. The Balaban J connectivity index is 2.74. The van der Waals surface area contributed by atoms with E-state index < -0.39 is 0 Å². The van der Waals surface area contributed by atoms with E-state index in [1.165, 1.54) is 0 Å². The van der Waals surface area contributed by atoms with Gasteiger partial charge in [0.2, 0.25) is 0 Å². The Hall–Kier alpha value is -1.89. The molecule has 0 bridgehead atoms. The lowest BCUT2D eigenvalue weighted by molar-refractivity contribution is 0.577. The second-order valence-corrected chi connectivity index (χ2v) is 4.15. The molecular formula is C12H14N4. The van der Waals surface area contributed by atoms with E-state index in [9.17, 15) is 0 Å². The maximum Gasteiger partial charge on any atom is 0.127 e. The van der Waals surface area contributed by atoms with Gasteiger partial charge >= 0.3 is 0 Å². The molecule has 0 saturated carbocycles. The first-order valence-corrected chi connectivity index (χ1v) is 5.36. The number of fused-ring (bicyclic) bond motifs is 1. The van der Waals surface area contributed by atoms with Crippen molar-refractivity contribution >= 4 is 11.0 Å². The Bertz CT molecular complexity index is 548. The molecule has 1 unspecified atom stereocenters. The summed E-state index contributed by atoms with van der Waals surface area (Å²) in [5.74, 6) is 0.621. The third kappa shape index (κ3) is 1.54. The van der Waals surface area contributed by atoms with Gasteiger partial charge in [-0.3, -0.25) is 4.98 Å². The summed E-state index contributed by atoms with van der Waals surface area (Å²) in [6, 6.07) is 4.39. The predicted octanol–water partition coefficient (Wildman–Crippen LogP) is 2.64. The number of nitriles is 1. The zero-order chi connectivity index (χ0) is 11.7. The van der Waals surface area contributed by atoms with Gasteiger partial charge in [0, 0.05) is 12.2 Å². The molecule has 2 aromatic heterocycles. The molecule has 2 aromatic rings. The molecule has 0 radical (unpaired) electrons. The molecule has 0 saturated heterocycles. The molecule has 0 amide bonds. The number of aromatic nitrogens is 3. The van der Waals surface area contributed by atoms with E-state index in [1.54, 1.807) is 12.4 Å². The first kappa shape index (κ1) is 10.6. The minimum Gasteiger partial charge on any atom is -0.323 e. The smallest absolute Gasteiger partial charge is 0.127 e. The monoisotopic (exact) mass is 214 g/mol. The van der Waals surface area contributed by atoms with Gasteiger partial charge in [-0.05, 0) is 26.8 Å². The Morgan fingerprint density at radius 3 is 2.75 bits per heavy atom. The lowest BCUT2D eigenvalue weighted by atomic mass is 10.2. The van der Waals surface area contributed by atoms with Crippen LogP contribution in [0.1, 0.15) is 38.6 Å². The van der Waals surface area contributed by atoms with Crippen LogP contribution in [-0.2, 0) is 0 Å². The van der Waals surface area contributed by atoms with Crippen LogP contribution in [0.25, 0.3) is 11.0 Å². The van der Waals surface area contributed by atoms with Gasteiger partial charge in [-0.1, -0.05) is 0 Å². The van der Waals surface area contributed by atoms with Crippen molar-refractivity contribution in [1.29, 1.82) is 5.26 Å². The van der Waals surface area contributed by atoms with Crippen LogP contribution in [0.5, 0.6) is 0 Å².